The summed E-state index contributed by atoms with van der Waals surface area (Å²) in [5, 5.41) is 0. The van der Waals surface area contributed by atoms with Crippen molar-refractivity contribution in [2.24, 2.45) is 0 Å². The molecule has 0 saturated heterocycles. The number of aromatic amines is 1. The van der Waals surface area contributed by atoms with Crippen LogP contribution in [0.1, 0.15) is 5.56 Å². The number of hydrogen-bond acceptors (Lipinski definition) is 3. The van der Waals surface area contributed by atoms with Crippen LogP contribution in [0.5, 0.6) is 11.6 Å². The van der Waals surface area contributed by atoms with Crippen molar-refractivity contribution in [1.29, 1.82) is 0 Å². The quantitative estimate of drug-likeness (QED) is 0.842. The van der Waals surface area contributed by atoms with Gasteiger partial charge in [0.15, 0.2) is 0 Å². The highest BCUT2D eigenvalue weighted by Crippen LogP contribution is 2.22. The fourth-order valence-corrected chi connectivity index (χ4v) is 1.20. The largest absolute Gasteiger partial charge is 0.434 e. The van der Waals surface area contributed by atoms with Crippen LogP contribution < -0.4 is 10.3 Å². The van der Waals surface area contributed by atoms with Gasteiger partial charge in [-0.3, -0.25) is 4.79 Å². The van der Waals surface area contributed by atoms with Crippen LogP contribution in [0.25, 0.3) is 0 Å². The lowest BCUT2D eigenvalue weighted by atomic mass is 10.2. The van der Waals surface area contributed by atoms with Crippen LogP contribution in [0.2, 0.25) is 0 Å². The van der Waals surface area contributed by atoms with Gasteiger partial charge in [0.05, 0.1) is 0 Å². The number of nitrogens with zero attached hydrogens (tertiary/aromatic N) is 1. The summed E-state index contributed by atoms with van der Waals surface area (Å²) in [6, 6.07) is 4.11. The normalized spacial score (nSPS) is 10.1. The Bertz CT molecular complexity index is 566. The van der Waals surface area contributed by atoms with E-state index in [1.54, 1.807) is 13.0 Å². The molecule has 0 amide bonds. The molecule has 0 aliphatic rings. The molecule has 2 rings (SSSR count). The minimum Gasteiger partial charge on any atom is -0.434 e. The first-order valence-electron chi connectivity index (χ1n) is 4.64. The fraction of sp³-hybridized carbons (Fsp3) is 0.0909. The molecule has 4 nitrogen and oxygen atoms in total. The number of nitrogens with one attached hydrogen (secondary N) is 1. The fourth-order valence-electron chi connectivity index (χ4n) is 1.20. The van der Waals surface area contributed by atoms with Crippen LogP contribution in [-0.4, -0.2) is 9.97 Å². The molecule has 0 radical (unpaired) electrons. The number of rotatable bonds is 2. The Morgan fingerprint density at radius 1 is 1.44 bits per heavy atom. The lowest BCUT2D eigenvalue weighted by molar-refractivity contribution is 0.446. The highest BCUT2D eigenvalue weighted by molar-refractivity contribution is 5.35. The zero-order valence-electron chi connectivity index (χ0n) is 8.53. The Balaban J connectivity index is 2.38. The van der Waals surface area contributed by atoms with Gasteiger partial charge in [0.1, 0.15) is 11.6 Å². The second-order valence-corrected chi connectivity index (χ2v) is 3.24. The molecule has 1 heterocycles. The molecule has 5 heteroatoms. The summed E-state index contributed by atoms with van der Waals surface area (Å²) >= 11 is 0. The van der Waals surface area contributed by atoms with Crippen LogP contribution in [0.3, 0.4) is 0 Å². The number of halogens is 1. The van der Waals surface area contributed by atoms with Crippen LogP contribution in [0.4, 0.5) is 4.39 Å². The van der Waals surface area contributed by atoms with Crippen molar-refractivity contribution in [3.05, 3.63) is 52.3 Å². The average molecular weight is 220 g/mol. The van der Waals surface area contributed by atoms with Gasteiger partial charge in [-0.05, 0) is 18.6 Å². The highest BCUT2D eigenvalue weighted by Gasteiger charge is 2.06. The Morgan fingerprint density at radius 2 is 2.25 bits per heavy atom. The van der Waals surface area contributed by atoms with E-state index in [4.69, 9.17) is 4.74 Å². The summed E-state index contributed by atoms with van der Waals surface area (Å²) in [6.07, 6.45) is 2.79. The molecule has 1 N–H and O–H groups in total. The van der Waals surface area contributed by atoms with E-state index in [9.17, 15) is 9.18 Å². The zero-order valence-corrected chi connectivity index (χ0v) is 8.53. The van der Waals surface area contributed by atoms with Crippen molar-refractivity contribution >= 4 is 0 Å². The summed E-state index contributed by atoms with van der Waals surface area (Å²) in [6.45, 7) is 1.76. The van der Waals surface area contributed by atoms with E-state index in [0.29, 0.717) is 0 Å². The van der Waals surface area contributed by atoms with Crippen LogP contribution in [0, 0.1) is 12.7 Å². The molecular weight excluding hydrogens is 211 g/mol. The van der Waals surface area contributed by atoms with Crippen molar-refractivity contribution in [3.8, 4) is 11.6 Å². The first kappa shape index (κ1) is 10.4. The summed E-state index contributed by atoms with van der Waals surface area (Å²) in [4.78, 5) is 17.5. The molecule has 16 heavy (non-hydrogen) atoms. The van der Waals surface area contributed by atoms with Crippen molar-refractivity contribution in [2.45, 2.75) is 6.92 Å². The van der Waals surface area contributed by atoms with Crippen molar-refractivity contribution in [2.75, 3.05) is 0 Å². The lowest BCUT2D eigenvalue weighted by Gasteiger charge is -2.06. The number of benzene rings is 1. The summed E-state index contributed by atoms with van der Waals surface area (Å²) in [5.74, 6) is -0.242. The van der Waals surface area contributed by atoms with Gasteiger partial charge in [-0.1, -0.05) is 6.07 Å². The molecule has 0 aliphatic carbocycles. The maximum Gasteiger partial charge on any atom is 0.311 e. The van der Waals surface area contributed by atoms with E-state index < -0.39 is 11.4 Å². The minimum atomic E-state index is -0.453. The van der Waals surface area contributed by atoms with E-state index in [0.717, 1.165) is 5.56 Å². The molecule has 0 fully saturated rings. The number of aromatic nitrogens is 2. The molecule has 0 spiro atoms. The molecule has 1 aromatic heterocycles. The van der Waals surface area contributed by atoms with Crippen LogP contribution in [-0.2, 0) is 0 Å². The van der Waals surface area contributed by atoms with Gasteiger partial charge in [-0.25, -0.2) is 9.37 Å². The van der Waals surface area contributed by atoms with Gasteiger partial charge < -0.3 is 9.72 Å². The molecule has 2 aromatic rings. The molecule has 0 atom stereocenters. The van der Waals surface area contributed by atoms with Gasteiger partial charge in [0, 0.05) is 18.5 Å². The zero-order chi connectivity index (χ0) is 11.5. The van der Waals surface area contributed by atoms with E-state index >= 15 is 0 Å². The predicted molar refractivity (Wildman–Crippen MR) is 56.1 cm³/mol. The summed E-state index contributed by atoms with van der Waals surface area (Å²) in [7, 11) is 0. The third-order valence-corrected chi connectivity index (χ3v) is 2.03. The number of hydrogen-bond donors (Lipinski definition) is 1. The summed E-state index contributed by atoms with van der Waals surface area (Å²) < 4.78 is 18.2. The van der Waals surface area contributed by atoms with Gasteiger partial charge in [-0.15, -0.1) is 0 Å². The second kappa shape index (κ2) is 4.14. The van der Waals surface area contributed by atoms with Gasteiger partial charge in [-0.2, -0.15) is 0 Å². The van der Waals surface area contributed by atoms with Crippen molar-refractivity contribution in [1.82, 2.24) is 9.97 Å². The van der Waals surface area contributed by atoms with Crippen LogP contribution in [0.15, 0.2) is 35.4 Å². The first-order chi connectivity index (χ1) is 7.66. The van der Waals surface area contributed by atoms with E-state index in [1.807, 2.05) is 0 Å². The van der Waals surface area contributed by atoms with Crippen LogP contribution >= 0.6 is 0 Å². The lowest BCUT2D eigenvalue weighted by Crippen LogP contribution is -2.09. The van der Waals surface area contributed by atoms with Gasteiger partial charge >= 0.3 is 5.56 Å². The maximum atomic E-state index is 13.0. The van der Waals surface area contributed by atoms with Gasteiger partial charge in [0.25, 0.3) is 5.88 Å². The molecule has 0 saturated carbocycles. The molecule has 0 unspecified atom stereocenters. The Morgan fingerprint density at radius 3 is 3.00 bits per heavy atom. The van der Waals surface area contributed by atoms with E-state index in [1.165, 1.54) is 24.5 Å². The molecule has 0 bridgehead atoms. The van der Waals surface area contributed by atoms with Crippen molar-refractivity contribution < 1.29 is 9.13 Å². The third kappa shape index (κ3) is 2.08. The standard InChI is InChI=1S/C11H9FN2O2/c1-7-2-3-8(12)6-9(7)16-11-10(15)13-4-5-14-11/h2-6H,1H3,(H,13,15). The Kier molecular flexibility index (Phi) is 2.68. The van der Waals surface area contributed by atoms with E-state index in [-0.39, 0.29) is 11.6 Å². The topological polar surface area (TPSA) is 55.0 Å². The SMILES string of the molecule is Cc1ccc(F)cc1Oc1ncc[nH]c1=O. The Labute approximate surface area is 90.7 Å². The predicted octanol–water partition coefficient (Wildman–Crippen LogP) is 2.01. The second-order valence-electron chi connectivity index (χ2n) is 3.24. The molecule has 1 aromatic carbocycles. The first-order valence-corrected chi connectivity index (χ1v) is 4.64. The highest BCUT2D eigenvalue weighted by atomic mass is 19.1. The number of H-pyrrole nitrogens is 1. The molecule has 0 aliphatic heterocycles. The van der Waals surface area contributed by atoms with Crippen molar-refractivity contribution in [3.63, 3.8) is 0 Å². The monoisotopic (exact) mass is 220 g/mol. The smallest absolute Gasteiger partial charge is 0.311 e. The minimum absolute atomic E-state index is 0.101. The number of aryl methyl sites for hydroxylation is 1. The molecular formula is C11H9FN2O2. The summed E-state index contributed by atoms with van der Waals surface area (Å²) in [5.41, 5.74) is 0.276. The molecule has 82 valence electrons. The maximum absolute atomic E-state index is 13.0. The number of ether oxygens (including phenoxy) is 1. The average Bonchev–Trinajstić information content (AvgIpc) is 2.27. The third-order valence-electron chi connectivity index (χ3n) is 2.03. The van der Waals surface area contributed by atoms with Gasteiger partial charge in [0.2, 0.25) is 0 Å². The Hall–Kier alpha value is -2.17. The van der Waals surface area contributed by atoms with E-state index in [2.05, 4.69) is 9.97 Å².